The van der Waals surface area contributed by atoms with Crippen LogP contribution in [0.15, 0.2) is 71.6 Å². The number of nitro groups is 1. The summed E-state index contributed by atoms with van der Waals surface area (Å²) in [6.45, 7) is 6.12. The molecule has 0 unspecified atom stereocenters. The van der Waals surface area contributed by atoms with Gasteiger partial charge in [0.05, 0.1) is 22.6 Å². The topological polar surface area (TPSA) is 139 Å². The summed E-state index contributed by atoms with van der Waals surface area (Å²) in [6.07, 6.45) is 0.870. The lowest BCUT2D eigenvalue weighted by molar-refractivity contribution is -0.385. The smallest absolute Gasteiger partial charge is 0.273 e. The van der Waals surface area contributed by atoms with Gasteiger partial charge >= 0.3 is 0 Å². The van der Waals surface area contributed by atoms with Crippen molar-refractivity contribution in [3.63, 3.8) is 0 Å². The monoisotopic (exact) mass is 628 g/mol. The summed E-state index contributed by atoms with van der Waals surface area (Å²) in [5, 5.41) is 14.5. The van der Waals surface area contributed by atoms with E-state index in [-0.39, 0.29) is 35.2 Å². The van der Waals surface area contributed by atoms with Crippen LogP contribution in [-0.2, 0) is 26.2 Å². The molecule has 0 aliphatic rings. The SMILES string of the molecule is CC[C@H](C(=O)N[C@@H](C)CC)N(Cc1ccc(F)cc1)C(=O)CN(c1ccc(OC)cc1)S(=O)(=O)c1ccc(C)c([N+](=O)[O-])c1. The zero-order valence-corrected chi connectivity index (χ0v) is 26.1. The number of hydrogen-bond donors (Lipinski definition) is 1. The van der Waals surface area contributed by atoms with E-state index >= 15 is 0 Å². The molecule has 11 nitrogen and oxygen atoms in total. The highest BCUT2D eigenvalue weighted by Crippen LogP contribution is 2.29. The van der Waals surface area contributed by atoms with Gasteiger partial charge in [0, 0.05) is 24.2 Å². The molecule has 3 aromatic rings. The Hall–Kier alpha value is -4.52. The lowest BCUT2D eigenvalue weighted by Gasteiger charge is -2.33. The quantitative estimate of drug-likeness (QED) is 0.196. The number of anilines is 1. The number of rotatable bonds is 14. The minimum absolute atomic E-state index is 0.0983. The van der Waals surface area contributed by atoms with E-state index in [1.165, 1.54) is 79.6 Å². The molecule has 0 radical (unpaired) electrons. The highest BCUT2D eigenvalue weighted by molar-refractivity contribution is 7.92. The summed E-state index contributed by atoms with van der Waals surface area (Å²) >= 11 is 0. The number of ether oxygens (including phenoxy) is 1. The molecule has 0 spiro atoms. The molecular formula is C31H37FN4O7S. The Labute approximate surface area is 256 Å². The van der Waals surface area contributed by atoms with Crippen LogP contribution in [0, 0.1) is 22.9 Å². The highest BCUT2D eigenvalue weighted by atomic mass is 32.2. The fourth-order valence-corrected chi connectivity index (χ4v) is 5.93. The lowest BCUT2D eigenvalue weighted by Crippen LogP contribution is -2.53. The number of benzene rings is 3. The first-order valence-corrected chi connectivity index (χ1v) is 15.5. The zero-order chi connectivity index (χ0) is 32.6. The average molecular weight is 629 g/mol. The summed E-state index contributed by atoms with van der Waals surface area (Å²) in [7, 11) is -3.09. The van der Waals surface area contributed by atoms with Gasteiger partial charge in [-0.05, 0) is 74.7 Å². The number of nitrogens with one attached hydrogen (secondary N) is 1. The number of amides is 2. The van der Waals surface area contributed by atoms with E-state index in [1.807, 2.05) is 13.8 Å². The summed E-state index contributed by atoms with van der Waals surface area (Å²) in [6, 6.07) is 13.7. The molecule has 0 saturated carbocycles. The zero-order valence-electron chi connectivity index (χ0n) is 25.3. The van der Waals surface area contributed by atoms with Crippen LogP contribution in [0.5, 0.6) is 5.75 Å². The van der Waals surface area contributed by atoms with E-state index in [0.717, 1.165) is 10.4 Å². The van der Waals surface area contributed by atoms with Crippen LogP contribution >= 0.6 is 0 Å². The number of aryl methyl sites for hydroxylation is 1. The number of hydrogen-bond acceptors (Lipinski definition) is 7. The number of sulfonamides is 1. The molecule has 13 heteroatoms. The molecule has 236 valence electrons. The number of carbonyl (C=O) groups is 2. The number of methoxy groups -OCH3 is 1. The van der Waals surface area contributed by atoms with E-state index in [1.54, 1.807) is 6.92 Å². The fourth-order valence-electron chi connectivity index (χ4n) is 4.50. The minimum Gasteiger partial charge on any atom is -0.497 e. The molecule has 44 heavy (non-hydrogen) atoms. The van der Waals surface area contributed by atoms with Gasteiger partial charge < -0.3 is 15.0 Å². The first kappa shape index (κ1) is 34.0. The van der Waals surface area contributed by atoms with Crippen LogP contribution < -0.4 is 14.4 Å². The Balaban J connectivity index is 2.11. The Morgan fingerprint density at radius 3 is 2.20 bits per heavy atom. The Bertz CT molecular complexity index is 1580. The molecule has 0 bridgehead atoms. The van der Waals surface area contributed by atoms with E-state index in [4.69, 9.17) is 4.74 Å². The van der Waals surface area contributed by atoms with Crippen molar-refractivity contribution in [3.8, 4) is 5.75 Å². The molecule has 2 amide bonds. The van der Waals surface area contributed by atoms with Gasteiger partial charge in [-0.3, -0.25) is 24.0 Å². The van der Waals surface area contributed by atoms with Crippen molar-refractivity contribution < 1.29 is 32.1 Å². The Kier molecular flexibility index (Phi) is 11.4. The Morgan fingerprint density at radius 2 is 1.66 bits per heavy atom. The van der Waals surface area contributed by atoms with Gasteiger partial charge in [0.2, 0.25) is 11.8 Å². The molecule has 0 aromatic heterocycles. The molecule has 0 aliphatic carbocycles. The van der Waals surface area contributed by atoms with Crippen molar-refractivity contribution >= 4 is 33.2 Å². The standard InChI is InChI=1S/C31H37FN4O7S/c1-6-22(4)33-31(38)28(7-2)34(19-23-9-11-24(32)12-10-23)30(37)20-35(25-13-15-26(43-5)16-14-25)44(41,42)27-17-8-21(3)29(18-27)36(39)40/h8-18,22,28H,6-7,19-20H2,1-5H3,(H,33,38)/t22-,28+/m0/s1. The van der Waals surface area contributed by atoms with Crippen molar-refractivity contribution in [2.24, 2.45) is 0 Å². The third kappa shape index (κ3) is 8.10. The van der Waals surface area contributed by atoms with Crippen molar-refractivity contribution in [3.05, 3.63) is 93.8 Å². The van der Waals surface area contributed by atoms with Crippen LogP contribution in [-0.4, -0.2) is 55.8 Å². The summed E-state index contributed by atoms with van der Waals surface area (Å²) in [5.74, 6) is -1.15. The summed E-state index contributed by atoms with van der Waals surface area (Å²) in [4.78, 5) is 39.3. The summed E-state index contributed by atoms with van der Waals surface area (Å²) < 4.78 is 47.8. The van der Waals surface area contributed by atoms with Crippen molar-refractivity contribution in [1.29, 1.82) is 0 Å². The van der Waals surface area contributed by atoms with Crippen LogP contribution in [0.1, 0.15) is 44.7 Å². The van der Waals surface area contributed by atoms with E-state index in [9.17, 15) is 32.5 Å². The third-order valence-electron chi connectivity index (χ3n) is 7.26. The maximum absolute atomic E-state index is 14.1. The number of halogens is 1. The predicted molar refractivity (Wildman–Crippen MR) is 164 cm³/mol. The average Bonchev–Trinajstić information content (AvgIpc) is 3.00. The van der Waals surface area contributed by atoms with E-state index in [2.05, 4.69) is 5.32 Å². The molecule has 1 N–H and O–H groups in total. The van der Waals surface area contributed by atoms with Gasteiger partial charge in [-0.15, -0.1) is 0 Å². The Morgan fingerprint density at radius 1 is 1.02 bits per heavy atom. The van der Waals surface area contributed by atoms with Crippen molar-refractivity contribution in [2.75, 3.05) is 18.0 Å². The van der Waals surface area contributed by atoms with Gasteiger partial charge in [-0.25, -0.2) is 12.8 Å². The van der Waals surface area contributed by atoms with Crippen molar-refractivity contribution in [2.45, 2.75) is 64.1 Å². The molecule has 3 rings (SSSR count). The van der Waals surface area contributed by atoms with Crippen LogP contribution in [0.3, 0.4) is 0 Å². The van der Waals surface area contributed by atoms with Crippen LogP contribution in [0.25, 0.3) is 0 Å². The van der Waals surface area contributed by atoms with Gasteiger partial charge in [-0.2, -0.15) is 0 Å². The first-order valence-electron chi connectivity index (χ1n) is 14.1. The highest BCUT2D eigenvalue weighted by Gasteiger charge is 2.34. The normalized spacial score (nSPS) is 12.6. The fraction of sp³-hybridized carbons (Fsp3) is 0.355. The molecule has 2 atom stereocenters. The predicted octanol–water partition coefficient (Wildman–Crippen LogP) is 4.97. The minimum atomic E-state index is -4.54. The lowest BCUT2D eigenvalue weighted by atomic mass is 10.1. The van der Waals surface area contributed by atoms with Crippen molar-refractivity contribution in [1.82, 2.24) is 10.2 Å². The number of nitrogens with zero attached hydrogens (tertiary/aromatic N) is 3. The third-order valence-corrected chi connectivity index (χ3v) is 9.03. The van der Waals surface area contributed by atoms with Crippen LogP contribution in [0.4, 0.5) is 15.8 Å². The summed E-state index contributed by atoms with van der Waals surface area (Å²) in [5.41, 5.74) is 0.506. The molecule has 0 fully saturated rings. The number of carbonyl (C=O) groups excluding carboxylic acids is 2. The largest absolute Gasteiger partial charge is 0.497 e. The van der Waals surface area contributed by atoms with Gasteiger partial charge in [0.1, 0.15) is 24.2 Å². The molecular weight excluding hydrogens is 591 g/mol. The van der Waals surface area contributed by atoms with E-state index < -0.39 is 50.9 Å². The second kappa shape index (κ2) is 14.8. The van der Waals surface area contributed by atoms with E-state index in [0.29, 0.717) is 17.7 Å². The molecule has 0 aliphatic heterocycles. The van der Waals surface area contributed by atoms with Gasteiger partial charge in [0.15, 0.2) is 0 Å². The molecule has 0 heterocycles. The second-order valence-corrected chi connectivity index (χ2v) is 12.2. The second-order valence-electron chi connectivity index (χ2n) is 10.3. The maximum Gasteiger partial charge on any atom is 0.273 e. The molecule has 0 saturated heterocycles. The maximum atomic E-state index is 14.1. The van der Waals surface area contributed by atoms with Gasteiger partial charge in [-0.1, -0.05) is 32.0 Å². The molecule has 3 aromatic carbocycles. The van der Waals surface area contributed by atoms with Crippen LogP contribution in [0.2, 0.25) is 0 Å². The first-order chi connectivity index (χ1) is 20.8. The number of nitro benzene ring substituents is 1. The van der Waals surface area contributed by atoms with Gasteiger partial charge in [0.25, 0.3) is 15.7 Å².